The van der Waals surface area contributed by atoms with Gasteiger partial charge in [-0.3, -0.25) is 0 Å². The first-order valence-electron chi connectivity index (χ1n) is 27.8. The van der Waals surface area contributed by atoms with Crippen LogP contribution in [-0.4, -0.2) is 37.1 Å². The molecule has 0 atom stereocenters. The summed E-state index contributed by atoms with van der Waals surface area (Å²) in [7, 11) is 0. The van der Waals surface area contributed by atoms with Crippen LogP contribution in [0, 0.1) is 0 Å². The Hall–Kier alpha value is -7.46. The monoisotopic (exact) mass is 1030 g/mol. The molecule has 0 heterocycles. The predicted octanol–water partition coefficient (Wildman–Crippen LogP) is 17.5. The van der Waals surface area contributed by atoms with Gasteiger partial charge in [-0.1, -0.05) is 160 Å². The van der Waals surface area contributed by atoms with Crippen LogP contribution in [0.1, 0.15) is 184 Å². The highest BCUT2D eigenvalue weighted by atomic mass is 16.6. The van der Waals surface area contributed by atoms with Crippen LogP contribution in [0.4, 0.5) is 0 Å². The molecule has 7 aromatic rings. The Bertz CT molecular complexity index is 2750. The molecule has 0 radical (unpaired) electrons. The van der Waals surface area contributed by atoms with Crippen molar-refractivity contribution in [2.45, 2.75) is 142 Å². The second-order valence-corrected chi connectivity index (χ2v) is 19.6. The number of hydrogen-bond donors (Lipinski definition) is 0. The van der Waals surface area contributed by atoms with Gasteiger partial charge in [-0.2, -0.15) is 0 Å². The number of unbranched alkanes of at least 4 members (excludes halogenated alkanes) is 18. The van der Waals surface area contributed by atoms with Gasteiger partial charge in [0, 0.05) is 6.07 Å². The Labute approximate surface area is 449 Å². The molecule has 0 bridgehead atoms. The van der Waals surface area contributed by atoms with Crippen molar-refractivity contribution in [2.24, 2.45) is 0 Å². The molecule has 0 saturated heterocycles. The van der Waals surface area contributed by atoms with Gasteiger partial charge in [0.05, 0.1) is 35.5 Å². The van der Waals surface area contributed by atoms with Crippen molar-refractivity contribution in [3.05, 3.63) is 168 Å². The van der Waals surface area contributed by atoms with Crippen molar-refractivity contribution in [3.8, 4) is 34.5 Å². The number of carbonyl (C=O) groups excluding carboxylic acids is 4. The Balaban J connectivity index is 0.806. The smallest absolute Gasteiger partial charge is 0.343 e. The molecule has 398 valence electrons. The molecule has 0 amide bonds. The molecule has 0 aliphatic heterocycles. The molecular weight excluding hydrogens is 953 g/mol. The van der Waals surface area contributed by atoms with Crippen molar-refractivity contribution >= 4 is 45.4 Å². The fourth-order valence-electron chi connectivity index (χ4n) is 9.02. The molecule has 0 saturated carbocycles. The van der Waals surface area contributed by atoms with Crippen LogP contribution < -0.4 is 28.4 Å². The van der Waals surface area contributed by atoms with Gasteiger partial charge in [-0.25, -0.2) is 19.2 Å². The van der Waals surface area contributed by atoms with E-state index >= 15 is 0 Å². The van der Waals surface area contributed by atoms with E-state index in [9.17, 15) is 19.2 Å². The van der Waals surface area contributed by atoms with Gasteiger partial charge in [-0.05, 0) is 144 Å². The summed E-state index contributed by atoms with van der Waals surface area (Å²) in [4.78, 5) is 52.4. The van der Waals surface area contributed by atoms with Crippen LogP contribution >= 0.6 is 0 Å². The van der Waals surface area contributed by atoms with Gasteiger partial charge in [0.2, 0.25) is 0 Å². The molecular formula is C66H74O10. The molecule has 0 N–H and O–H groups in total. The van der Waals surface area contributed by atoms with Crippen LogP contribution in [0.15, 0.2) is 146 Å². The first-order chi connectivity index (χ1) is 37.2. The molecule has 10 nitrogen and oxygen atoms in total. The third kappa shape index (κ3) is 18.4. The quantitative estimate of drug-likeness (QED) is 0.0229. The van der Waals surface area contributed by atoms with Gasteiger partial charge in [0.25, 0.3) is 0 Å². The predicted molar refractivity (Wildman–Crippen MR) is 302 cm³/mol. The fourth-order valence-corrected chi connectivity index (χ4v) is 9.02. The Kier molecular flexibility index (Phi) is 22.8. The molecule has 10 heteroatoms. The fraction of sp³-hybridized carbons (Fsp3) is 0.364. The van der Waals surface area contributed by atoms with E-state index in [0.29, 0.717) is 24.3 Å². The second kappa shape index (κ2) is 30.8. The van der Waals surface area contributed by atoms with Gasteiger partial charge in [0.15, 0.2) is 0 Å². The van der Waals surface area contributed by atoms with Crippen LogP contribution in [0.5, 0.6) is 34.5 Å². The van der Waals surface area contributed by atoms with Crippen molar-refractivity contribution in [3.63, 3.8) is 0 Å². The Morgan fingerprint density at radius 3 is 0.947 bits per heavy atom. The van der Waals surface area contributed by atoms with E-state index in [4.69, 9.17) is 28.4 Å². The summed E-state index contributed by atoms with van der Waals surface area (Å²) in [6, 6.07) is 40.7. The standard InChI is InChI=1S/C66H74O10/c1-3-5-7-9-11-13-15-17-19-21-42-71-59-40-34-51-44-55(28-26-53(51)46-59)65(69)73-57-36-30-49(31-37-57)63(67)75-61-24-23-25-62(48-61)76-64(68)50-32-38-58(39-33-50)74-66(70)56-29-27-54-47-60(41-35-52(54)45-56)72-43-22-20-18-16-14-12-10-8-6-4-2/h23-41,44-48H,3-22,42-43H2,1-2H3. The van der Waals surface area contributed by atoms with Gasteiger partial charge >= 0.3 is 23.9 Å². The first kappa shape index (κ1) is 56.3. The zero-order chi connectivity index (χ0) is 53.2. The number of rotatable bonds is 32. The summed E-state index contributed by atoms with van der Waals surface area (Å²) < 4.78 is 34.5. The lowest BCUT2D eigenvalue weighted by Gasteiger charge is -2.10. The third-order valence-electron chi connectivity index (χ3n) is 13.5. The molecule has 0 aromatic heterocycles. The zero-order valence-corrected chi connectivity index (χ0v) is 44.5. The van der Waals surface area contributed by atoms with E-state index in [1.165, 1.54) is 170 Å². The highest BCUT2D eigenvalue weighted by molar-refractivity contribution is 5.98. The number of carbonyl (C=O) groups is 4. The highest BCUT2D eigenvalue weighted by Gasteiger charge is 2.16. The Morgan fingerprint density at radius 2 is 0.566 bits per heavy atom. The average Bonchev–Trinajstić information content (AvgIpc) is 3.44. The average molecular weight is 1030 g/mol. The van der Waals surface area contributed by atoms with Crippen LogP contribution in [-0.2, 0) is 0 Å². The summed E-state index contributed by atoms with van der Waals surface area (Å²) in [5.74, 6) is 0.0531. The first-order valence-corrected chi connectivity index (χ1v) is 27.8. The van der Waals surface area contributed by atoms with E-state index < -0.39 is 23.9 Å². The number of hydrogen-bond acceptors (Lipinski definition) is 10. The maximum absolute atomic E-state index is 13.1. The van der Waals surface area contributed by atoms with Crippen molar-refractivity contribution < 1.29 is 47.6 Å². The number of fused-ring (bicyclic) bond motifs is 2. The molecule has 0 unspecified atom stereocenters. The molecule has 7 rings (SSSR count). The summed E-state index contributed by atoms with van der Waals surface area (Å²) in [6.07, 6.45) is 25.5. The molecule has 0 aliphatic carbocycles. The zero-order valence-electron chi connectivity index (χ0n) is 44.5. The highest BCUT2D eigenvalue weighted by Crippen LogP contribution is 2.27. The van der Waals surface area contributed by atoms with Gasteiger partial charge < -0.3 is 28.4 Å². The van der Waals surface area contributed by atoms with E-state index in [1.54, 1.807) is 42.5 Å². The van der Waals surface area contributed by atoms with Crippen LogP contribution in [0.25, 0.3) is 21.5 Å². The summed E-state index contributed by atoms with van der Waals surface area (Å²) >= 11 is 0. The molecule has 0 aliphatic rings. The Morgan fingerprint density at radius 1 is 0.276 bits per heavy atom. The van der Waals surface area contributed by atoms with E-state index in [1.807, 2.05) is 48.5 Å². The van der Waals surface area contributed by atoms with Gasteiger partial charge in [-0.15, -0.1) is 0 Å². The minimum atomic E-state index is -0.662. The van der Waals surface area contributed by atoms with E-state index in [-0.39, 0.29) is 34.1 Å². The SMILES string of the molecule is CCCCCCCCCCCCOc1ccc2cc(C(=O)Oc3ccc(C(=O)Oc4cccc(OC(=O)c5ccc(OC(=O)c6ccc7cc(OCCCCCCCCCCCC)ccc7c6)cc5)c4)cc3)ccc2c1. The lowest BCUT2D eigenvalue weighted by atomic mass is 10.1. The number of ether oxygens (including phenoxy) is 6. The lowest BCUT2D eigenvalue weighted by molar-refractivity contribution is 0.0723. The van der Waals surface area contributed by atoms with E-state index in [0.717, 1.165) is 45.9 Å². The number of benzene rings is 7. The lowest BCUT2D eigenvalue weighted by Crippen LogP contribution is -2.11. The van der Waals surface area contributed by atoms with Crippen LogP contribution in [0.2, 0.25) is 0 Å². The minimum absolute atomic E-state index is 0.152. The summed E-state index contributed by atoms with van der Waals surface area (Å²) in [5.41, 5.74) is 1.21. The number of esters is 4. The molecule has 7 aromatic carbocycles. The molecule has 0 fully saturated rings. The summed E-state index contributed by atoms with van der Waals surface area (Å²) in [5, 5.41) is 3.70. The third-order valence-corrected chi connectivity index (χ3v) is 13.5. The summed E-state index contributed by atoms with van der Waals surface area (Å²) in [6.45, 7) is 5.86. The second-order valence-electron chi connectivity index (χ2n) is 19.6. The van der Waals surface area contributed by atoms with Crippen molar-refractivity contribution in [1.29, 1.82) is 0 Å². The maximum atomic E-state index is 13.1. The van der Waals surface area contributed by atoms with E-state index in [2.05, 4.69) is 13.8 Å². The molecule has 76 heavy (non-hydrogen) atoms. The normalized spacial score (nSPS) is 11.1. The minimum Gasteiger partial charge on any atom is -0.494 e. The van der Waals surface area contributed by atoms with Crippen molar-refractivity contribution in [1.82, 2.24) is 0 Å². The van der Waals surface area contributed by atoms with Crippen LogP contribution in [0.3, 0.4) is 0 Å². The topological polar surface area (TPSA) is 124 Å². The van der Waals surface area contributed by atoms with Gasteiger partial charge in [0.1, 0.15) is 34.5 Å². The molecule has 0 spiro atoms. The maximum Gasteiger partial charge on any atom is 0.343 e. The van der Waals surface area contributed by atoms with Crippen molar-refractivity contribution in [2.75, 3.05) is 13.2 Å². The largest absolute Gasteiger partial charge is 0.494 e.